The highest BCUT2D eigenvalue weighted by Gasteiger charge is 2.46. The SMILES string of the molecule is Cc1ccc(S(=O)(=O)/C=C/C(Cc2ccccc2)(C(=O)OC(C)(C)C)N2CCCC2)cc1. The number of rotatable bonds is 7. The fourth-order valence-corrected chi connectivity index (χ4v) is 5.02. The summed E-state index contributed by atoms with van der Waals surface area (Å²) >= 11 is 0. The fourth-order valence-electron chi connectivity index (χ4n) is 3.94. The molecule has 0 aliphatic carbocycles. The van der Waals surface area contributed by atoms with Crippen molar-refractivity contribution in [3.05, 3.63) is 77.2 Å². The maximum absolute atomic E-state index is 13.7. The van der Waals surface area contributed by atoms with Crippen molar-refractivity contribution in [2.45, 2.75) is 63.0 Å². The summed E-state index contributed by atoms with van der Waals surface area (Å²) in [5, 5.41) is 1.18. The quantitative estimate of drug-likeness (QED) is 0.566. The first kappa shape index (κ1) is 24.2. The van der Waals surface area contributed by atoms with Crippen molar-refractivity contribution in [3.8, 4) is 0 Å². The van der Waals surface area contributed by atoms with E-state index in [2.05, 4.69) is 4.90 Å². The number of likely N-dealkylation sites (tertiary alicyclic amines) is 1. The Balaban J connectivity index is 2.09. The lowest BCUT2D eigenvalue weighted by Gasteiger charge is -2.39. The van der Waals surface area contributed by atoms with Crippen molar-refractivity contribution in [1.82, 2.24) is 4.90 Å². The molecule has 1 unspecified atom stereocenters. The zero-order valence-electron chi connectivity index (χ0n) is 19.4. The Morgan fingerprint density at radius 1 is 1.00 bits per heavy atom. The van der Waals surface area contributed by atoms with E-state index in [0.717, 1.165) is 24.0 Å². The molecule has 0 amide bonds. The van der Waals surface area contributed by atoms with Gasteiger partial charge in [-0.3, -0.25) is 4.90 Å². The topological polar surface area (TPSA) is 63.7 Å². The fraction of sp³-hybridized carbons (Fsp3) is 0.423. The van der Waals surface area contributed by atoms with Gasteiger partial charge >= 0.3 is 5.97 Å². The zero-order chi connectivity index (χ0) is 23.4. The summed E-state index contributed by atoms with van der Waals surface area (Å²) in [6, 6.07) is 16.4. The van der Waals surface area contributed by atoms with Crippen molar-refractivity contribution in [3.63, 3.8) is 0 Å². The number of hydrogen-bond acceptors (Lipinski definition) is 5. The Morgan fingerprint density at radius 3 is 2.16 bits per heavy atom. The van der Waals surface area contributed by atoms with Crippen LogP contribution in [0.15, 0.2) is 71.0 Å². The molecule has 0 radical (unpaired) electrons. The number of carbonyl (C=O) groups excluding carboxylic acids is 1. The maximum Gasteiger partial charge on any atom is 0.331 e. The van der Waals surface area contributed by atoms with Crippen LogP contribution in [0.4, 0.5) is 0 Å². The second kappa shape index (κ2) is 9.59. The van der Waals surface area contributed by atoms with Crippen LogP contribution in [-0.4, -0.2) is 43.5 Å². The molecule has 32 heavy (non-hydrogen) atoms. The van der Waals surface area contributed by atoms with E-state index in [-0.39, 0.29) is 4.90 Å². The second-order valence-electron chi connectivity index (χ2n) is 9.44. The van der Waals surface area contributed by atoms with E-state index in [4.69, 9.17) is 4.74 Å². The predicted molar refractivity (Wildman–Crippen MR) is 127 cm³/mol. The minimum Gasteiger partial charge on any atom is -0.458 e. The summed E-state index contributed by atoms with van der Waals surface area (Å²) in [5.41, 5.74) is 0.0329. The van der Waals surface area contributed by atoms with E-state index in [9.17, 15) is 13.2 Å². The molecule has 1 saturated heterocycles. The Bertz CT molecular complexity index is 1050. The molecule has 0 N–H and O–H groups in total. The first-order chi connectivity index (χ1) is 15.0. The monoisotopic (exact) mass is 455 g/mol. The van der Waals surface area contributed by atoms with Crippen LogP contribution >= 0.6 is 0 Å². The first-order valence-electron chi connectivity index (χ1n) is 11.1. The molecule has 172 valence electrons. The molecule has 1 aliphatic heterocycles. The summed E-state index contributed by atoms with van der Waals surface area (Å²) in [5.74, 6) is -0.425. The molecular formula is C26H33NO4S. The predicted octanol–water partition coefficient (Wildman–Crippen LogP) is 4.70. The normalized spacial score (nSPS) is 17.4. The van der Waals surface area contributed by atoms with Gasteiger partial charge in [0.25, 0.3) is 0 Å². The summed E-state index contributed by atoms with van der Waals surface area (Å²) in [7, 11) is -3.72. The van der Waals surface area contributed by atoms with Gasteiger partial charge in [-0.25, -0.2) is 13.2 Å². The van der Waals surface area contributed by atoms with Crippen LogP contribution in [-0.2, 0) is 25.8 Å². The van der Waals surface area contributed by atoms with Crippen molar-refractivity contribution in [2.24, 2.45) is 0 Å². The number of carbonyl (C=O) groups is 1. The molecule has 1 atom stereocenters. The molecule has 6 heteroatoms. The van der Waals surface area contributed by atoms with Gasteiger partial charge in [0.1, 0.15) is 11.1 Å². The average molecular weight is 456 g/mol. The second-order valence-corrected chi connectivity index (χ2v) is 11.3. The van der Waals surface area contributed by atoms with Crippen molar-refractivity contribution in [2.75, 3.05) is 13.1 Å². The third-order valence-electron chi connectivity index (χ3n) is 5.61. The number of sulfone groups is 1. The van der Waals surface area contributed by atoms with Crippen LogP contribution < -0.4 is 0 Å². The molecule has 1 fully saturated rings. The molecule has 5 nitrogen and oxygen atoms in total. The van der Waals surface area contributed by atoms with Crippen LogP contribution in [0.1, 0.15) is 44.7 Å². The van der Waals surface area contributed by atoms with Crippen LogP contribution in [0, 0.1) is 6.92 Å². The lowest BCUT2D eigenvalue weighted by molar-refractivity contribution is -0.166. The number of esters is 1. The van der Waals surface area contributed by atoms with Crippen molar-refractivity contribution in [1.29, 1.82) is 0 Å². The van der Waals surface area contributed by atoms with E-state index < -0.39 is 26.9 Å². The zero-order valence-corrected chi connectivity index (χ0v) is 20.2. The molecule has 2 aromatic rings. The molecule has 0 aromatic heterocycles. The van der Waals surface area contributed by atoms with Gasteiger partial charge in [-0.15, -0.1) is 0 Å². The number of benzene rings is 2. The molecule has 0 spiro atoms. The van der Waals surface area contributed by atoms with Gasteiger partial charge in [0, 0.05) is 11.8 Å². The van der Waals surface area contributed by atoms with E-state index in [1.807, 2.05) is 58.0 Å². The minimum atomic E-state index is -3.72. The minimum absolute atomic E-state index is 0.207. The van der Waals surface area contributed by atoms with Crippen molar-refractivity contribution >= 4 is 15.8 Å². The smallest absolute Gasteiger partial charge is 0.331 e. The molecule has 1 heterocycles. The Labute approximate surface area is 192 Å². The summed E-state index contributed by atoms with van der Waals surface area (Å²) < 4.78 is 32.1. The van der Waals surface area contributed by atoms with Gasteiger partial charge in [0.2, 0.25) is 0 Å². The average Bonchev–Trinajstić information content (AvgIpc) is 3.26. The van der Waals surface area contributed by atoms with Crippen LogP contribution in [0.2, 0.25) is 0 Å². The lowest BCUT2D eigenvalue weighted by Crippen LogP contribution is -2.56. The Kier molecular flexibility index (Phi) is 7.25. The Hall–Kier alpha value is -2.44. The van der Waals surface area contributed by atoms with Crippen molar-refractivity contribution < 1.29 is 17.9 Å². The number of ether oxygens (including phenoxy) is 1. The van der Waals surface area contributed by atoms with Crippen LogP contribution in [0.3, 0.4) is 0 Å². The molecule has 1 aliphatic rings. The van der Waals surface area contributed by atoms with E-state index in [0.29, 0.717) is 19.5 Å². The highest BCUT2D eigenvalue weighted by atomic mass is 32.2. The molecule has 0 saturated carbocycles. The summed E-state index contributed by atoms with van der Waals surface area (Å²) in [6.45, 7) is 8.81. The highest BCUT2D eigenvalue weighted by Crippen LogP contribution is 2.31. The number of hydrogen-bond donors (Lipinski definition) is 0. The standard InChI is InChI=1S/C26H33NO4S/c1-21-12-14-23(15-13-21)32(29,30)19-16-26(27-17-8-9-18-27,24(28)31-25(2,3)4)20-22-10-6-5-7-11-22/h5-7,10-16,19H,8-9,17-18,20H2,1-4H3/b19-16+. The van der Waals surface area contributed by atoms with E-state index in [1.165, 1.54) is 5.41 Å². The third-order valence-corrected chi connectivity index (χ3v) is 7.04. The largest absolute Gasteiger partial charge is 0.458 e. The van der Waals surface area contributed by atoms with Gasteiger partial charge < -0.3 is 4.74 Å². The maximum atomic E-state index is 13.7. The number of nitrogens with zero attached hydrogens (tertiary/aromatic N) is 1. The van der Waals surface area contributed by atoms with Crippen LogP contribution in [0.5, 0.6) is 0 Å². The lowest BCUT2D eigenvalue weighted by atomic mass is 9.88. The molecular weight excluding hydrogens is 422 g/mol. The van der Waals surface area contributed by atoms with E-state index in [1.54, 1.807) is 30.3 Å². The summed E-state index contributed by atoms with van der Waals surface area (Å²) in [6.07, 6.45) is 3.80. The third kappa shape index (κ3) is 5.87. The number of aryl methyl sites for hydroxylation is 1. The van der Waals surface area contributed by atoms with Gasteiger partial charge in [-0.05, 0) is 77.4 Å². The van der Waals surface area contributed by atoms with Gasteiger partial charge in [0.05, 0.1) is 4.90 Å². The highest BCUT2D eigenvalue weighted by molar-refractivity contribution is 7.94. The Morgan fingerprint density at radius 2 is 1.59 bits per heavy atom. The van der Waals surface area contributed by atoms with Gasteiger partial charge in [-0.2, -0.15) is 0 Å². The van der Waals surface area contributed by atoms with Crippen LogP contribution in [0.25, 0.3) is 0 Å². The van der Waals surface area contributed by atoms with Gasteiger partial charge in [0.15, 0.2) is 9.84 Å². The first-order valence-corrected chi connectivity index (χ1v) is 12.6. The summed E-state index contributed by atoms with van der Waals surface area (Å²) in [4.78, 5) is 15.9. The molecule has 3 rings (SSSR count). The van der Waals surface area contributed by atoms with E-state index >= 15 is 0 Å². The molecule has 0 bridgehead atoms. The van der Waals surface area contributed by atoms with Gasteiger partial charge in [-0.1, -0.05) is 48.0 Å². The molecule has 2 aromatic carbocycles.